The minimum atomic E-state index is -3.68. The molecule has 2 aromatic carbocycles. The Kier molecular flexibility index (Phi) is 6.15. The van der Waals surface area contributed by atoms with Crippen molar-refractivity contribution in [2.75, 3.05) is 0 Å². The van der Waals surface area contributed by atoms with Crippen molar-refractivity contribution < 1.29 is 13.2 Å². The van der Waals surface area contributed by atoms with E-state index < -0.39 is 10.0 Å². The number of rotatable bonds is 6. The largest absolute Gasteiger partial charge is 0.350 e. The lowest BCUT2D eigenvalue weighted by Gasteiger charge is -2.14. The van der Waals surface area contributed by atoms with Crippen molar-refractivity contribution in [3.8, 4) is 0 Å². The molecule has 3 N–H and O–H groups in total. The minimum Gasteiger partial charge on any atom is -0.350 e. The molecule has 0 aliphatic heterocycles. The van der Waals surface area contributed by atoms with Gasteiger partial charge in [-0.3, -0.25) is 4.79 Å². The van der Waals surface area contributed by atoms with E-state index in [2.05, 4.69) is 21.2 Å². The number of primary sulfonamides is 1. The molecule has 5 nitrogen and oxygen atoms in total. The van der Waals surface area contributed by atoms with E-state index in [-0.39, 0.29) is 16.8 Å². The maximum atomic E-state index is 12.1. The average molecular weight is 411 g/mol. The first-order valence-electron chi connectivity index (χ1n) is 7.42. The molecular formula is C17H19BrN2O3S. The summed E-state index contributed by atoms with van der Waals surface area (Å²) in [6.07, 6.45) is 0.860. The van der Waals surface area contributed by atoms with E-state index in [9.17, 15) is 13.2 Å². The van der Waals surface area contributed by atoms with E-state index in [1.165, 1.54) is 12.1 Å². The van der Waals surface area contributed by atoms with E-state index >= 15 is 0 Å². The van der Waals surface area contributed by atoms with Gasteiger partial charge in [0.2, 0.25) is 15.9 Å². The zero-order chi connectivity index (χ0) is 17.7. The molecule has 128 valence electrons. The number of carbonyl (C=O) groups is 1. The van der Waals surface area contributed by atoms with Crippen molar-refractivity contribution in [3.05, 3.63) is 64.1 Å². The summed E-state index contributed by atoms with van der Waals surface area (Å²) in [5.74, 6) is -0.0547. The highest BCUT2D eigenvalue weighted by Crippen LogP contribution is 2.17. The SMILES string of the molecule is C[C@H](NC(=O)CCc1ccc(S(N)(=O)=O)cc1)c1ccc(Br)cc1. The predicted octanol–water partition coefficient (Wildman–Crippen LogP) is 2.91. The van der Waals surface area contributed by atoms with Gasteiger partial charge in [-0.05, 0) is 48.7 Å². The van der Waals surface area contributed by atoms with Crippen LogP contribution in [-0.2, 0) is 21.2 Å². The van der Waals surface area contributed by atoms with Crippen LogP contribution in [0, 0.1) is 0 Å². The Morgan fingerprint density at radius 1 is 1.12 bits per heavy atom. The molecule has 0 aromatic heterocycles. The molecule has 2 rings (SSSR count). The third kappa shape index (κ3) is 5.43. The summed E-state index contributed by atoms with van der Waals surface area (Å²) in [6, 6.07) is 14.0. The number of hydrogen-bond donors (Lipinski definition) is 2. The van der Waals surface area contributed by atoms with Gasteiger partial charge in [0.15, 0.2) is 0 Å². The van der Waals surface area contributed by atoms with E-state index in [1.54, 1.807) is 12.1 Å². The van der Waals surface area contributed by atoms with Gasteiger partial charge in [0.05, 0.1) is 10.9 Å². The number of aryl methyl sites for hydroxylation is 1. The third-order valence-electron chi connectivity index (χ3n) is 3.64. The molecule has 1 atom stereocenters. The summed E-state index contributed by atoms with van der Waals surface area (Å²) in [5, 5.41) is 8.00. The standard InChI is InChI=1S/C17H19BrN2O3S/c1-12(14-5-7-15(18)8-6-14)20-17(21)11-4-13-2-9-16(10-3-13)24(19,22)23/h2-3,5-10,12H,4,11H2,1H3,(H,20,21)(H2,19,22,23)/t12-/m0/s1. The maximum absolute atomic E-state index is 12.1. The molecule has 24 heavy (non-hydrogen) atoms. The molecule has 0 unspecified atom stereocenters. The van der Waals surface area contributed by atoms with E-state index in [0.29, 0.717) is 12.8 Å². The summed E-state index contributed by atoms with van der Waals surface area (Å²) >= 11 is 3.38. The zero-order valence-electron chi connectivity index (χ0n) is 13.2. The number of halogens is 1. The van der Waals surface area contributed by atoms with Crippen molar-refractivity contribution in [3.63, 3.8) is 0 Å². The zero-order valence-corrected chi connectivity index (χ0v) is 15.6. The second-order valence-corrected chi connectivity index (χ2v) is 8.01. The normalized spacial score (nSPS) is 12.6. The smallest absolute Gasteiger partial charge is 0.238 e. The summed E-state index contributed by atoms with van der Waals surface area (Å²) in [7, 11) is -3.68. The Labute approximate surface area is 150 Å². The minimum absolute atomic E-state index is 0.0547. The van der Waals surface area contributed by atoms with Crippen LogP contribution >= 0.6 is 15.9 Å². The van der Waals surface area contributed by atoms with Gasteiger partial charge in [0.25, 0.3) is 0 Å². The highest BCUT2D eigenvalue weighted by molar-refractivity contribution is 9.10. The predicted molar refractivity (Wildman–Crippen MR) is 96.8 cm³/mol. The molecule has 0 bridgehead atoms. The van der Waals surface area contributed by atoms with Crippen LogP contribution < -0.4 is 10.5 Å². The molecule has 0 heterocycles. The van der Waals surface area contributed by atoms with Gasteiger partial charge in [0.1, 0.15) is 0 Å². The van der Waals surface area contributed by atoms with Crippen LogP contribution in [-0.4, -0.2) is 14.3 Å². The van der Waals surface area contributed by atoms with Crippen LogP contribution in [0.2, 0.25) is 0 Å². The van der Waals surface area contributed by atoms with Crippen LogP contribution in [0.15, 0.2) is 57.9 Å². The number of benzene rings is 2. The van der Waals surface area contributed by atoms with Crippen LogP contribution in [0.4, 0.5) is 0 Å². The summed E-state index contributed by atoms with van der Waals surface area (Å²) < 4.78 is 23.4. The van der Waals surface area contributed by atoms with Gasteiger partial charge in [-0.1, -0.05) is 40.2 Å². The van der Waals surface area contributed by atoms with Gasteiger partial charge in [-0.25, -0.2) is 13.6 Å². The highest BCUT2D eigenvalue weighted by Gasteiger charge is 2.10. The Balaban J connectivity index is 1.87. The number of hydrogen-bond acceptors (Lipinski definition) is 3. The molecule has 0 spiro atoms. The molecule has 7 heteroatoms. The summed E-state index contributed by atoms with van der Waals surface area (Å²) in [6.45, 7) is 1.93. The first kappa shape index (κ1) is 18.6. The molecule has 0 aliphatic carbocycles. The fraction of sp³-hybridized carbons (Fsp3) is 0.235. The Hall–Kier alpha value is -1.70. The molecule has 1 amide bonds. The van der Waals surface area contributed by atoms with Gasteiger partial charge < -0.3 is 5.32 Å². The van der Waals surface area contributed by atoms with Gasteiger partial charge >= 0.3 is 0 Å². The third-order valence-corrected chi connectivity index (χ3v) is 5.10. The first-order chi connectivity index (χ1) is 11.3. The molecule has 0 aliphatic rings. The first-order valence-corrected chi connectivity index (χ1v) is 9.76. The number of carbonyl (C=O) groups excluding carboxylic acids is 1. The van der Waals surface area contributed by atoms with Crippen LogP contribution in [0.1, 0.15) is 30.5 Å². The second kappa shape index (κ2) is 7.92. The van der Waals surface area contributed by atoms with Gasteiger partial charge in [0, 0.05) is 10.9 Å². The lowest BCUT2D eigenvalue weighted by Crippen LogP contribution is -2.26. The molecule has 0 saturated carbocycles. The Bertz CT molecular complexity index is 803. The van der Waals surface area contributed by atoms with Crippen molar-refractivity contribution >= 4 is 31.9 Å². The number of amides is 1. The lowest BCUT2D eigenvalue weighted by atomic mass is 10.1. The fourth-order valence-corrected chi connectivity index (χ4v) is 3.03. The van der Waals surface area contributed by atoms with Crippen molar-refractivity contribution in [2.45, 2.75) is 30.7 Å². The van der Waals surface area contributed by atoms with Crippen LogP contribution in [0.5, 0.6) is 0 Å². The number of sulfonamides is 1. The van der Waals surface area contributed by atoms with E-state index in [0.717, 1.165) is 15.6 Å². The molecule has 2 aromatic rings. The van der Waals surface area contributed by atoms with Crippen molar-refractivity contribution in [1.29, 1.82) is 0 Å². The van der Waals surface area contributed by atoms with Crippen molar-refractivity contribution in [2.24, 2.45) is 5.14 Å². The summed E-state index contributed by atoms with van der Waals surface area (Å²) in [4.78, 5) is 12.1. The lowest BCUT2D eigenvalue weighted by molar-refractivity contribution is -0.121. The highest BCUT2D eigenvalue weighted by atomic mass is 79.9. The fourth-order valence-electron chi connectivity index (χ4n) is 2.25. The Morgan fingerprint density at radius 3 is 2.25 bits per heavy atom. The molecule has 0 saturated heterocycles. The number of nitrogens with two attached hydrogens (primary N) is 1. The van der Waals surface area contributed by atoms with Crippen LogP contribution in [0.25, 0.3) is 0 Å². The number of nitrogens with one attached hydrogen (secondary N) is 1. The van der Waals surface area contributed by atoms with Crippen LogP contribution in [0.3, 0.4) is 0 Å². The average Bonchev–Trinajstić information content (AvgIpc) is 2.53. The van der Waals surface area contributed by atoms with E-state index in [4.69, 9.17) is 5.14 Å². The van der Waals surface area contributed by atoms with Gasteiger partial charge in [-0.15, -0.1) is 0 Å². The molecular weight excluding hydrogens is 392 g/mol. The van der Waals surface area contributed by atoms with E-state index in [1.807, 2.05) is 31.2 Å². The van der Waals surface area contributed by atoms with Gasteiger partial charge in [-0.2, -0.15) is 0 Å². The second-order valence-electron chi connectivity index (χ2n) is 5.53. The quantitative estimate of drug-likeness (QED) is 0.766. The topological polar surface area (TPSA) is 89.3 Å². The summed E-state index contributed by atoms with van der Waals surface area (Å²) in [5.41, 5.74) is 1.91. The maximum Gasteiger partial charge on any atom is 0.238 e. The Morgan fingerprint density at radius 2 is 1.71 bits per heavy atom. The monoisotopic (exact) mass is 410 g/mol. The molecule has 0 radical (unpaired) electrons. The molecule has 0 fully saturated rings. The van der Waals surface area contributed by atoms with Crippen molar-refractivity contribution in [1.82, 2.24) is 5.32 Å².